The molecule has 2 atom stereocenters. The second kappa shape index (κ2) is 6.28. The van der Waals surface area contributed by atoms with Crippen LogP contribution in [0, 0.1) is 0 Å². The number of para-hydroxylation sites is 1. The van der Waals surface area contributed by atoms with Gasteiger partial charge >= 0.3 is 0 Å². The zero-order chi connectivity index (χ0) is 12.1. The van der Waals surface area contributed by atoms with Crippen LogP contribution in [0.1, 0.15) is 30.9 Å². The number of benzene rings is 1. The third-order valence-electron chi connectivity index (χ3n) is 3.24. The molecular weight excluding hydrogens is 232 g/mol. The monoisotopic (exact) mass is 252 g/mol. The first-order valence-electron chi connectivity index (χ1n) is 6.07. The molecule has 4 heteroatoms. The molecular formula is C13H20N2OS. The van der Waals surface area contributed by atoms with E-state index in [9.17, 15) is 0 Å². The molecule has 0 amide bonds. The minimum absolute atomic E-state index is 0.177. The number of ether oxygens (including phenoxy) is 1. The molecule has 0 spiro atoms. The number of hydrogen-bond acceptors (Lipinski definition) is 4. The first-order valence-corrected chi connectivity index (χ1v) is 7.12. The lowest BCUT2D eigenvalue weighted by atomic mass is 9.99. The van der Waals surface area contributed by atoms with Gasteiger partial charge in [0.15, 0.2) is 0 Å². The van der Waals surface area contributed by atoms with Crippen LogP contribution in [0.4, 0.5) is 0 Å². The van der Waals surface area contributed by atoms with E-state index in [1.54, 1.807) is 7.11 Å². The summed E-state index contributed by atoms with van der Waals surface area (Å²) in [5, 5.41) is 0.546. The lowest BCUT2D eigenvalue weighted by molar-refractivity contribution is 0.394. The summed E-state index contributed by atoms with van der Waals surface area (Å²) in [5.74, 6) is 7.89. The minimum atomic E-state index is 0.177. The zero-order valence-corrected chi connectivity index (χ0v) is 11.0. The Bertz CT molecular complexity index is 353. The molecule has 2 rings (SSSR count). The van der Waals surface area contributed by atoms with E-state index < -0.39 is 0 Å². The van der Waals surface area contributed by atoms with Gasteiger partial charge in [0.2, 0.25) is 0 Å². The van der Waals surface area contributed by atoms with E-state index in [1.807, 2.05) is 30.0 Å². The summed E-state index contributed by atoms with van der Waals surface area (Å²) < 4.78 is 5.41. The number of hydrazine groups is 1. The Morgan fingerprint density at radius 1 is 1.41 bits per heavy atom. The molecule has 0 aliphatic carbocycles. The smallest absolute Gasteiger partial charge is 0.123 e. The molecule has 1 aliphatic rings. The Kier molecular flexibility index (Phi) is 4.71. The van der Waals surface area contributed by atoms with Gasteiger partial charge in [-0.25, -0.2) is 0 Å². The van der Waals surface area contributed by atoms with Crippen LogP contribution >= 0.6 is 11.8 Å². The van der Waals surface area contributed by atoms with Crippen LogP contribution in [-0.4, -0.2) is 18.1 Å². The topological polar surface area (TPSA) is 47.3 Å². The molecule has 1 fully saturated rings. The average molecular weight is 252 g/mol. The Labute approximate surface area is 107 Å². The van der Waals surface area contributed by atoms with E-state index in [0.29, 0.717) is 5.25 Å². The molecule has 3 nitrogen and oxygen atoms in total. The summed E-state index contributed by atoms with van der Waals surface area (Å²) in [6, 6.07) is 8.29. The maximum atomic E-state index is 5.74. The summed E-state index contributed by atoms with van der Waals surface area (Å²) in [7, 11) is 1.71. The van der Waals surface area contributed by atoms with Crippen LogP contribution in [0.5, 0.6) is 5.75 Å². The van der Waals surface area contributed by atoms with E-state index in [4.69, 9.17) is 10.6 Å². The maximum Gasteiger partial charge on any atom is 0.123 e. The van der Waals surface area contributed by atoms with Gasteiger partial charge in [-0.2, -0.15) is 11.8 Å². The number of nitrogens with two attached hydrogens (primary N) is 1. The highest BCUT2D eigenvalue weighted by Crippen LogP contribution is 2.37. The minimum Gasteiger partial charge on any atom is -0.496 e. The second-order valence-electron chi connectivity index (χ2n) is 4.29. The summed E-state index contributed by atoms with van der Waals surface area (Å²) in [5.41, 5.74) is 4.13. The fraction of sp³-hybridized carbons (Fsp3) is 0.538. The Morgan fingerprint density at radius 3 is 2.88 bits per heavy atom. The second-order valence-corrected chi connectivity index (χ2v) is 5.64. The van der Waals surface area contributed by atoms with Gasteiger partial charge in [0.25, 0.3) is 0 Å². The van der Waals surface area contributed by atoms with E-state index >= 15 is 0 Å². The molecule has 1 heterocycles. The van der Waals surface area contributed by atoms with Gasteiger partial charge in [0, 0.05) is 10.8 Å². The van der Waals surface area contributed by atoms with Crippen LogP contribution in [0.15, 0.2) is 24.3 Å². The third kappa shape index (κ3) is 2.94. The standard InChI is InChI=1S/C13H20N2OS/c1-16-11-7-3-2-6-10(11)13(15-14)12-8-4-5-9-17-12/h2-3,6-7,12-13,15H,4-5,8-9,14H2,1H3. The number of hydrogen-bond donors (Lipinski definition) is 2. The van der Waals surface area contributed by atoms with Gasteiger partial charge in [-0.3, -0.25) is 11.3 Å². The van der Waals surface area contributed by atoms with Crippen molar-refractivity contribution in [3.05, 3.63) is 29.8 Å². The van der Waals surface area contributed by atoms with E-state index in [-0.39, 0.29) is 6.04 Å². The van der Waals surface area contributed by atoms with Crippen molar-refractivity contribution in [1.82, 2.24) is 5.43 Å². The SMILES string of the molecule is COc1ccccc1C(NN)C1CCCCS1. The highest BCUT2D eigenvalue weighted by molar-refractivity contribution is 8.00. The molecule has 0 radical (unpaired) electrons. The average Bonchev–Trinajstić information content (AvgIpc) is 2.41. The molecule has 0 bridgehead atoms. The summed E-state index contributed by atoms with van der Waals surface area (Å²) >= 11 is 2.01. The lowest BCUT2D eigenvalue weighted by Gasteiger charge is -2.30. The highest BCUT2D eigenvalue weighted by atomic mass is 32.2. The maximum absolute atomic E-state index is 5.74. The Morgan fingerprint density at radius 2 is 2.24 bits per heavy atom. The van der Waals surface area contributed by atoms with Gasteiger partial charge < -0.3 is 4.74 Å². The van der Waals surface area contributed by atoms with Crippen molar-refractivity contribution in [2.45, 2.75) is 30.6 Å². The first kappa shape index (κ1) is 12.7. The molecule has 94 valence electrons. The summed E-state index contributed by atoms with van der Waals surface area (Å²) in [6.07, 6.45) is 3.84. The zero-order valence-electron chi connectivity index (χ0n) is 10.2. The van der Waals surface area contributed by atoms with Crippen molar-refractivity contribution in [2.24, 2.45) is 5.84 Å². The first-order chi connectivity index (χ1) is 8.36. The van der Waals surface area contributed by atoms with Gasteiger partial charge in [0.1, 0.15) is 5.75 Å². The highest BCUT2D eigenvalue weighted by Gasteiger charge is 2.26. The summed E-state index contributed by atoms with van der Waals surface area (Å²) in [4.78, 5) is 0. The van der Waals surface area contributed by atoms with Crippen molar-refractivity contribution in [3.63, 3.8) is 0 Å². The molecule has 3 N–H and O–H groups in total. The van der Waals surface area contributed by atoms with Crippen LogP contribution in [0.2, 0.25) is 0 Å². The van der Waals surface area contributed by atoms with Crippen molar-refractivity contribution in [2.75, 3.05) is 12.9 Å². The van der Waals surface area contributed by atoms with Gasteiger partial charge in [-0.05, 0) is 24.7 Å². The van der Waals surface area contributed by atoms with Crippen LogP contribution in [0.3, 0.4) is 0 Å². The quantitative estimate of drug-likeness (QED) is 0.638. The number of methoxy groups -OCH3 is 1. The summed E-state index contributed by atoms with van der Waals surface area (Å²) in [6.45, 7) is 0. The van der Waals surface area contributed by atoms with E-state index in [0.717, 1.165) is 11.3 Å². The van der Waals surface area contributed by atoms with Gasteiger partial charge in [-0.15, -0.1) is 0 Å². The van der Waals surface area contributed by atoms with E-state index in [1.165, 1.54) is 25.0 Å². The normalized spacial score (nSPS) is 22.1. The molecule has 0 aromatic heterocycles. The van der Waals surface area contributed by atoms with Crippen LogP contribution in [0.25, 0.3) is 0 Å². The van der Waals surface area contributed by atoms with Crippen molar-refractivity contribution in [1.29, 1.82) is 0 Å². The molecule has 1 aliphatic heterocycles. The predicted molar refractivity (Wildman–Crippen MR) is 73.2 cm³/mol. The van der Waals surface area contributed by atoms with Crippen LogP contribution < -0.4 is 16.0 Å². The fourth-order valence-corrected chi connectivity index (χ4v) is 3.77. The third-order valence-corrected chi connectivity index (χ3v) is 4.70. The molecule has 1 saturated heterocycles. The largest absolute Gasteiger partial charge is 0.496 e. The molecule has 0 saturated carbocycles. The van der Waals surface area contributed by atoms with Crippen molar-refractivity contribution < 1.29 is 4.74 Å². The number of thioether (sulfide) groups is 1. The van der Waals surface area contributed by atoms with Crippen molar-refractivity contribution in [3.8, 4) is 5.75 Å². The Hall–Kier alpha value is -0.710. The van der Waals surface area contributed by atoms with Crippen molar-refractivity contribution >= 4 is 11.8 Å². The van der Waals surface area contributed by atoms with E-state index in [2.05, 4.69) is 11.5 Å². The molecule has 2 unspecified atom stereocenters. The number of nitrogens with one attached hydrogen (secondary N) is 1. The van der Waals surface area contributed by atoms with Crippen LogP contribution in [-0.2, 0) is 0 Å². The Balaban J connectivity index is 2.21. The molecule has 17 heavy (non-hydrogen) atoms. The van der Waals surface area contributed by atoms with Gasteiger partial charge in [0.05, 0.1) is 13.2 Å². The van der Waals surface area contributed by atoms with Gasteiger partial charge in [-0.1, -0.05) is 24.6 Å². The molecule has 1 aromatic carbocycles. The molecule has 1 aromatic rings. The lowest BCUT2D eigenvalue weighted by Crippen LogP contribution is -2.36. The predicted octanol–water partition coefficient (Wildman–Crippen LogP) is 2.49. The fourth-order valence-electron chi connectivity index (χ4n) is 2.35. The number of rotatable bonds is 4.